The van der Waals surface area contributed by atoms with Crippen LogP contribution in [0.2, 0.25) is 5.02 Å². The Morgan fingerprint density at radius 2 is 2.10 bits per heavy atom. The van der Waals surface area contributed by atoms with Crippen LogP contribution in [0.3, 0.4) is 0 Å². The Morgan fingerprint density at radius 1 is 1.30 bits per heavy atom. The van der Waals surface area contributed by atoms with Gasteiger partial charge in [0.15, 0.2) is 0 Å². The van der Waals surface area contributed by atoms with E-state index < -0.39 is 0 Å². The molecule has 0 spiro atoms. The van der Waals surface area contributed by atoms with Gasteiger partial charge in [-0.3, -0.25) is 4.68 Å². The quantitative estimate of drug-likeness (QED) is 0.878. The highest BCUT2D eigenvalue weighted by Gasteiger charge is 2.13. The average molecular weight is 292 g/mol. The first kappa shape index (κ1) is 15.1. The van der Waals surface area contributed by atoms with Gasteiger partial charge in [0.1, 0.15) is 0 Å². The van der Waals surface area contributed by atoms with Gasteiger partial charge in [-0.1, -0.05) is 24.6 Å². The largest absolute Gasteiger partial charge is 0.310 e. The Morgan fingerprint density at radius 3 is 2.70 bits per heavy atom. The summed E-state index contributed by atoms with van der Waals surface area (Å²) in [5.74, 6) is 0. The molecule has 0 amide bonds. The van der Waals surface area contributed by atoms with Crippen LogP contribution >= 0.6 is 11.6 Å². The van der Waals surface area contributed by atoms with Crippen LogP contribution in [0.5, 0.6) is 0 Å². The molecule has 3 nitrogen and oxygen atoms in total. The molecular formula is C16H22ClN3. The summed E-state index contributed by atoms with van der Waals surface area (Å²) in [4.78, 5) is 0. The van der Waals surface area contributed by atoms with Crippen molar-refractivity contribution in [3.05, 3.63) is 52.3 Å². The molecule has 0 saturated carbocycles. The molecule has 1 N–H and O–H groups in total. The first-order valence-electron chi connectivity index (χ1n) is 7.14. The van der Waals surface area contributed by atoms with Crippen LogP contribution < -0.4 is 5.32 Å². The number of likely N-dealkylation sites (N-methyl/N-ethyl adjacent to an activating group) is 1. The smallest absolute Gasteiger partial charge is 0.0522 e. The third-order valence-corrected chi connectivity index (χ3v) is 3.59. The second-order valence-corrected chi connectivity index (χ2v) is 5.52. The van der Waals surface area contributed by atoms with Crippen LogP contribution in [0.25, 0.3) is 0 Å². The van der Waals surface area contributed by atoms with Crippen molar-refractivity contribution in [2.75, 3.05) is 6.54 Å². The van der Waals surface area contributed by atoms with Crippen molar-refractivity contribution < 1.29 is 0 Å². The van der Waals surface area contributed by atoms with Gasteiger partial charge in [-0.15, -0.1) is 0 Å². The zero-order valence-electron chi connectivity index (χ0n) is 12.4. The molecule has 0 saturated heterocycles. The maximum absolute atomic E-state index is 6.18. The first-order valence-corrected chi connectivity index (χ1v) is 7.52. The molecule has 1 heterocycles. The third-order valence-electron chi connectivity index (χ3n) is 3.37. The standard InChI is InChI=1S/C16H22ClN3/c1-4-18-16(8-13-10-19-20(5-2)11-13)14-6-12(3)7-15(17)9-14/h6-7,9-11,16,18H,4-5,8H2,1-3H3. The van der Waals surface area contributed by atoms with Crippen LogP contribution in [0.4, 0.5) is 0 Å². The number of hydrogen-bond acceptors (Lipinski definition) is 2. The Balaban J connectivity index is 2.21. The highest BCUT2D eigenvalue weighted by Crippen LogP contribution is 2.23. The van der Waals surface area contributed by atoms with E-state index in [1.165, 1.54) is 16.7 Å². The number of nitrogens with one attached hydrogen (secondary N) is 1. The van der Waals surface area contributed by atoms with E-state index in [-0.39, 0.29) is 6.04 Å². The zero-order valence-corrected chi connectivity index (χ0v) is 13.1. The van der Waals surface area contributed by atoms with E-state index in [1.807, 2.05) is 23.0 Å². The van der Waals surface area contributed by atoms with Gasteiger partial charge in [-0.2, -0.15) is 5.10 Å². The lowest BCUT2D eigenvalue weighted by atomic mass is 9.99. The van der Waals surface area contributed by atoms with Crippen LogP contribution in [-0.2, 0) is 13.0 Å². The molecule has 20 heavy (non-hydrogen) atoms. The second-order valence-electron chi connectivity index (χ2n) is 5.08. The van der Waals surface area contributed by atoms with E-state index in [0.29, 0.717) is 0 Å². The number of aryl methyl sites for hydroxylation is 2. The van der Waals surface area contributed by atoms with Gasteiger partial charge in [-0.05, 0) is 55.6 Å². The number of hydrogen-bond donors (Lipinski definition) is 1. The Bertz CT molecular complexity index is 542. The van der Waals surface area contributed by atoms with Crippen molar-refractivity contribution in [2.24, 2.45) is 0 Å². The van der Waals surface area contributed by atoms with Crippen molar-refractivity contribution in [1.82, 2.24) is 15.1 Å². The zero-order chi connectivity index (χ0) is 14.5. The normalized spacial score (nSPS) is 12.6. The molecule has 0 radical (unpaired) electrons. The topological polar surface area (TPSA) is 29.9 Å². The number of nitrogens with zero attached hydrogens (tertiary/aromatic N) is 2. The summed E-state index contributed by atoms with van der Waals surface area (Å²) < 4.78 is 1.96. The fraction of sp³-hybridized carbons (Fsp3) is 0.438. The van der Waals surface area contributed by atoms with E-state index in [4.69, 9.17) is 11.6 Å². The van der Waals surface area contributed by atoms with Crippen LogP contribution in [0, 0.1) is 6.92 Å². The minimum atomic E-state index is 0.270. The fourth-order valence-corrected chi connectivity index (χ4v) is 2.74. The Hall–Kier alpha value is -1.32. The van der Waals surface area contributed by atoms with E-state index >= 15 is 0 Å². The Kier molecular flexibility index (Phi) is 5.21. The van der Waals surface area contributed by atoms with Crippen LogP contribution in [0.1, 0.15) is 36.6 Å². The molecule has 4 heteroatoms. The lowest BCUT2D eigenvalue weighted by Gasteiger charge is -2.18. The monoisotopic (exact) mass is 291 g/mol. The summed E-state index contributed by atoms with van der Waals surface area (Å²) in [5.41, 5.74) is 3.68. The molecule has 1 unspecified atom stereocenters. The van der Waals surface area contributed by atoms with E-state index in [2.05, 4.69) is 43.4 Å². The molecule has 2 rings (SSSR count). The maximum Gasteiger partial charge on any atom is 0.0522 e. The number of halogens is 1. The van der Waals surface area contributed by atoms with Gasteiger partial charge < -0.3 is 5.32 Å². The molecule has 1 aromatic heterocycles. The third kappa shape index (κ3) is 3.84. The summed E-state index contributed by atoms with van der Waals surface area (Å²) in [5, 5.41) is 8.67. The van der Waals surface area contributed by atoms with E-state index in [9.17, 15) is 0 Å². The van der Waals surface area contributed by atoms with Crippen molar-refractivity contribution in [3.8, 4) is 0 Å². The minimum absolute atomic E-state index is 0.270. The molecule has 0 fully saturated rings. The highest BCUT2D eigenvalue weighted by atomic mass is 35.5. The van der Waals surface area contributed by atoms with E-state index in [1.54, 1.807) is 0 Å². The average Bonchev–Trinajstić information content (AvgIpc) is 2.85. The van der Waals surface area contributed by atoms with Gasteiger partial charge >= 0.3 is 0 Å². The summed E-state index contributed by atoms with van der Waals surface area (Å²) in [6.07, 6.45) is 4.99. The molecular weight excluding hydrogens is 270 g/mol. The van der Waals surface area contributed by atoms with Gasteiger partial charge in [0.2, 0.25) is 0 Å². The Labute approximate surface area is 126 Å². The fourth-order valence-electron chi connectivity index (χ4n) is 2.44. The van der Waals surface area contributed by atoms with Crippen molar-refractivity contribution >= 4 is 11.6 Å². The molecule has 0 aliphatic rings. The highest BCUT2D eigenvalue weighted by molar-refractivity contribution is 6.30. The molecule has 108 valence electrons. The molecule has 1 atom stereocenters. The minimum Gasteiger partial charge on any atom is -0.310 e. The first-order chi connectivity index (χ1) is 9.62. The van der Waals surface area contributed by atoms with Crippen molar-refractivity contribution in [2.45, 2.75) is 39.8 Å². The predicted octanol–water partition coefficient (Wildman–Crippen LogP) is 3.76. The summed E-state index contributed by atoms with van der Waals surface area (Å²) >= 11 is 6.18. The van der Waals surface area contributed by atoms with Gasteiger partial charge in [-0.25, -0.2) is 0 Å². The molecule has 2 aromatic rings. The maximum atomic E-state index is 6.18. The lowest BCUT2D eigenvalue weighted by Crippen LogP contribution is -2.23. The lowest BCUT2D eigenvalue weighted by molar-refractivity contribution is 0.549. The van der Waals surface area contributed by atoms with E-state index in [0.717, 1.165) is 24.5 Å². The molecule has 1 aromatic carbocycles. The molecule has 0 aliphatic carbocycles. The van der Waals surface area contributed by atoms with Gasteiger partial charge in [0.05, 0.1) is 6.20 Å². The number of rotatable bonds is 6. The molecule has 0 aliphatic heterocycles. The van der Waals surface area contributed by atoms with Gasteiger partial charge in [0.25, 0.3) is 0 Å². The predicted molar refractivity (Wildman–Crippen MR) is 84.2 cm³/mol. The second kappa shape index (κ2) is 6.91. The summed E-state index contributed by atoms with van der Waals surface area (Å²) in [7, 11) is 0. The van der Waals surface area contributed by atoms with Crippen LogP contribution in [0.15, 0.2) is 30.6 Å². The van der Waals surface area contributed by atoms with Gasteiger partial charge in [0, 0.05) is 23.8 Å². The molecule has 0 bridgehead atoms. The SMILES string of the molecule is CCNC(Cc1cnn(CC)c1)c1cc(C)cc(Cl)c1. The summed E-state index contributed by atoms with van der Waals surface area (Å²) in [6, 6.07) is 6.51. The summed E-state index contributed by atoms with van der Waals surface area (Å²) in [6.45, 7) is 8.13. The van der Waals surface area contributed by atoms with Crippen LogP contribution in [-0.4, -0.2) is 16.3 Å². The van der Waals surface area contributed by atoms with Crippen molar-refractivity contribution in [3.63, 3.8) is 0 Å². The number of aromatic nitrogens is 2. The van der Waals surface area contributed by atoms with Crippen molar-refractivity contribution in [1.29, 1.82) is 0 Å². The number of benzene rings is 1.